The quantitative estimate of drug-likeness (QED) is 0.140. The monoisotopic (exact) mass is 558 g/mol. The summed E-state index contributed by atoms with van der Waals surface area (Å²) < 4.78 is 30.3. The zero-order valence-electron chi connectivity index (χ0n) is 23.4. The fraction of sp³-hybridized carbons (Fsp3) is 0.333. The van der Waals surface area contributed by atoms with Crippen molar-refractivity contribution in [2.75, 3.05) is 39.2 Å². The van der Waals surface area contributed by atoms with Gasteiger partial charge in [-0.3, -0.25) is 4.79 Å². The molecular formula is C33H35FN2O5. The third-order valence-electron chi connectivity index (χ3n) is 7.38. The first-order chi connectivity index (χ1) is 20.0. The SMILES string of the molecule is CNC(=O)c1c(-c2ccc(F)cc2)oc2cc(NCCCCOCCc3ccc(C(=O)OC)cc3)c(C3CC3)cc12. The maximum atomic E-state index is 13.5. The number of carbonyl (C=O) groups excluding carboxylic acids is 2. The lowest BCUT2D eigenvalue weighted by Gasteiger charge is -2.12. The van der Waals surface area contributed by atoms with Gasteiger partial charge in [-0.25, -0.2) is 9.18 Å². The van der Waals surface area contributed by atoms with E-state index in [1.54, 1.807) is 31.3 Å². The summed E-state index contributed by atoms with van der Waals surface area (Å²) in [4.78, 5) is 24.4. The van der Waals surface area contributed by atoms with Crippen LogP contribution < -0.4 is 10.6 Å². The summed E-state index contributed by atoms with van der Waals surface area (Å²) >= 11 is 0. The molecule has 214 valence electrons. The van der Waals surface area contributed by atoms with Crippen LogP contribution in [0, 0.1) is 5.82 Å². The van der Waals surface area contributed by atoms with Gasteiger partial charge in [0.2, 0.25) is 0 Å². The van der Waals surface area contributed by atoms with Crippen LogP contribution in [0.4, 0.5) is 10.1 Å². The Morgan fingerprint density at radius 2 is 1.76 bits per heavy atom. The van der Waals surface area contributed by atoms with Gasteiger partial charge in [0.15, 0.2) is 0 Å². The van der Waals surface area contributed by atoms with E-state index in [-0.39, 0.29) is 17.7 Å². The molecule has 5 rings (SSSR count). The van der Waals surface area contributed by atoms with Crippen LogP contribution in [0.15, 0.2) is 65.1 Å². The highest BCUT2D eigenvalue weighted by Crippen LogP contribution is 2.46. The van der Waals surface area contributed by atoms with E-state index in [4.69, 9.17) is 13.9 Å². The molecule has 0 atom stereocenters. The lowest BCUT2D eigenvalue weighted by atomic mass is 10.0. The fourth-order valence-corrected chi connectivity index (χ4v) is 4.97. The fourth-order valence-electron chi connectivity index (χ4n) is 4.97. The van der Waals surface area contributed by atoms with Gasteiger partial charge in [-0.15, -0.1) is 0 Å². The minimum atomic E-state index is -0.342. The number of fused-ring (bicyclic) bond motifs is 1. The van der Waals surface area contributed by atoms with Crippen LogP contribution in [-0.2, 0) is 15.9 Å². The number of halogens is 1. The van der Waals surface area contributed by atoms with E-state index >= 15 is 0 Å². The van der Waals surface area contributed by atoms with Crippen LogP contribution in [0.5, 0.6) is 0 Å². The first-order valence-electron chi connectivity index (χ1n) is 14.1. The Hall–Kier alpha value is -4.17. The topological polar surface area (TPSA) is 89.8 Å². The van der Waals surface area contributed by atoms with Gasteiger partial charge in [0.05, 0.1) is 24.8 Å². The van der Waals surface area contributed by atoms with Crippen LogP contribution in [0.3, 0.4) is 0 Å². The Kier molecular flexibility index (Phi) is 8.99. The molecule has 7 nitrogen and oxygen atoms in total. The van der Waals surface area contributed by atoms with E-state index in [1.165, 1.54) is 24.8 Å². The molecule has 0 unspecified atom stereocenters. The highest BCUT2D eigenvalue weighted by atomic mass is 19.1. The molecule has 0 aliphatic heterocycles. The second-order valence-electron chi connectivity index (χ2n) is 10.3. The van der Waals surface area contributed by atoms with Crippen molar-refractivity contribution in [3.63, 3.8) is 0 Å². The number of benzene rings is 3. The molecule has 1 heterocycles. The molecule has 41 heavy (non-hydrogen) atoms. The third kappa shape index (κ3) is 6.77. The minimum Gasteiger partial charge on any atom is -0.465 e. The van der Waals surface area contributed by atoms with Crippen molar-refractivity contribution in [3.8, 4) is 11.3 Å². The number of hydrogen-bond donors (Lipinski definition) is 2. The van der Waals surface area contributed by atoms with E-state index in [9.17, 15) is 14.0 Å². The lowest BCUT2D eigenvalue weighted by Crippen LogP contribution is -2.18. The van der Waals surface area contributed by atoms with Gasteiger partial charge >= 0.3 is 5.97 Å². The predicted octanol–water partition coefficient (Wildman–Crippen LogP) is 6.71. The maximum absolute atomic E-state index is 13.5. The average molecular weight is 559 g/mol. The smallest absolute Gasteiger partial charge is 0.337 e. The highest BCUT2D eigenvalue weighted by molar-refractivity contribution is 6.11. The van der Waals surface area contributed by atoms with Gasteiger partial charge in [-0.1, -0.05) is 12.1 Å². The number of nitrogens with one attached hydrogen (secondary N) is 2. The second-order valence-corrected chi connectivity index (χ2v) is 10.3. The highest BCUT2D eigenvalue weighted by Gasteiger charge is 2.29. The lowest BCUT2D eigenvalue weighted by molar-refractivity contribution is 0.0600. The molecule has 0 bridgehead atoms. The Labute approximate surface area is 239 Å². The van der Waals surface area contributed by atoms with Crippen molar-refractivity contribution >= 4 is 28.5 Å². The van der Waals surface area contributed by atoms with Crippen LogP contribution in [-0.4, -0.2) is 45.8 Å². The summed E-state index contributed by atoms with van der Waals surface area (Å²) in [6.45, 7) is 2.08. The molecule has 0 spiro atoms. The van der Waals surface area contributed by atoms with Gasteiger partial charge in [0.1, 0.15) is 17.2 Å². The van der Waals surface area contributed by atoms with Crippen LogP contribution in [0.2, 0.25) is 0 Å². The summed E-state index contributed by atoms with van der Waals surface area (Å²) in [5.74, 6) is -0.00341. The van der Waals surface area contributed by atoms with Crippen molar-refractivity contribution in [1.82, 2.24) is 5.32 Å². The Morgan fingerprint density at radius 1 is 1.00 bits per heavy atom. The zero-order valence-corrected chi connectivity index (χ0v) is 23.4. The number of anilines is 1. The van der Waals surface area contributed by atoms with Gasteiger partial charge in [-0.2, -0.15) is 0 Å². The molecule has 1 saturated carbocycles. The van der Waals surface area contributed by atoms with Gasteiger partial charge in [0.25, 0.3) is 5.91 Å². The first kappa shape index (κ1) is 28.4. The number of amides is 1. The van der Waals surface area contributed by atoms with E-state index in [2.05, 4.69) is 16.7 Å². The number of carbonyl (C=O) groups is 2. The van der Waals surface area contributed by atoms with Crippen molar-refractivity contribution in [2.24, 2.45) is 0 Å². The Bertz CT molecular complexity index is 1510. The standard InChI is InChI=1S/C33H35FN2O5/c1-35-32(37)30-27-19-26(22-9-10-22)28(20-29(27)41-31(30)23-11-13-25(34)14-12-23)36-16-3-4-17-40-18-15-21-5-7-24(8-6-21)33(38)39-2/h5-8,11-14,19-20,22,36H,3-4,9-10,15-18H2,1-2H3,(H,35,37). The molecule has 0 radical (unpaired) electrons. The summed E-state index contributed by atoms with van der Waals surface area (Å²) in [5, 5.41) is 7.07. The van der Waals surface area contributed by atoms with Crippen molar-refractivity contribution in [1.29, 1.82) is 0 Å². The molecule has 1 aliphatic carbocycles. The number of methoxy groups -OCH3 is 1. The average Bonchev–Trinajstić information content (AvgIpc) is 3.78. The van der Waals surface area contributed by atoms with E-state index in [0.717, 1.165) is 55.3 Å². The minimum absolute atomic E-state index is 0.233. The summed E-state index contributed by atoms with van der Waals surface area (Å²) in [7, 11) is 2.97. The Balaban J connectivity index is 1.18. The Morgan fingerprint density at radius 3 is 2.44 bits per heavy atom. The number of furan rings is 1. The first-order valence-corrected chi connectivity index (χ1v) is 14.1. The van der Waals surface area contributed by atoms with Crippen LogP contribution in [0.1, 0.15) is 63.4 Å². The molecule has 4 aromatic rings. The molecule has 2 N–H and O–H groups in total. The molecule has 0 saturated heterocycles. The summed E-state index contributed by atoms with van der Waals surface area (Å²) in [6.07, 6.45) is 4.89. The third-order valence-corrected chi connectivity index (χ3v) is 7.38. The number of esters is 1. The van der Waals surface area contributed by atoms with Crippen molar-refractivity contribution in [3.05, 3.63) is 88.7 Å². The normalized spacial score (nSPS) is 12.9. The number of hydrogen-bond acceptors (Lipinski definition) is 6. The number of rotatable bonds is 13. The van der Waals surface area contributed by atoms with Gasteiger partial charge in [0, 0.05) is 42.9 Å². The molecular weight excluding hydrogens is 523 g/mol. The van der Waals surface area contributed by atoms with Crippen molar-refractivity contribution in [2.45, 2.75) is 38.0 Å². The largest absolute Gasteiger partial charge is 0.465 e. The molecule has 8 heteroatoms. The van der Waals surface area contributed by atoms with E-state index in [1.807, 2.05) is 18.2 Å². The van der Waals surface area contributed by atoms with Crippen molar-refractivity contribution < 1.29 is 27.9 Å². The molecule has 1 amide bonds. The van der Waals surface area contributed by atoms with E-state index in [0.29, 0.717) is 47.2 Å². The number of ether oxygens (including phenoxy) is 2. The molecule has 3 aromatic carbocycles. The predicted molar refractivity (Wildman–Crippen MR) is 157 cm³/mol. The van der Waals surface area contributed by atoms with Gasteiger partial charge in [-0.05, 0) is 91.6 Å². The summed E-state index contributed by atoms with van der Waals surface area (Å²) in [5.41, 5.74) is 5.63. The molecule has 1 fully saturated rings. The number of unbranched alkanes of at least 4 members (excludes halogenated alkanes) is 1. The second kappa shape index (κ2) is 13.0. The molecule has 1 aromatic heterocycles. The summed E-state index contributed by atoms with van der Waals surface area (Å²) in [6, 6.07) is 17.4. The maximum Gasteiger partial charge on any atom is 0.337 e. The van der Waals surface area contributed by atoms with Crippen LogP contribution >= 0.6 is 0 Å². The van der Waals surface area contributed by atoms with Crippen LogP contribution in [0.25, 0.3) is 22.3 Å². The zero-order chi connectivity index (χ0) is 28.8. The van der Waals surface area contributed by atoms with Gasteiger partial charge < -0.3 is 24.5 Å². The van der Waals surface area contributed by atoms with E-state index < -0.39 is 0 Å². The molecule has 1 aliphatic rings.